The molecule has 0 aliphatic carbocycles. The normalized spacial score (nSPS) is 17.9. The predicted molar refractivity (Wildman–Crippen MR) is 124 cm³/mol. The van der Waals surface area contributed by atoms with Gasteiger partial charge in [0.15, 0.2) is 5.76 Å². The first-order valence-corrected chi connectivity index (χ1v) is 11.4. The Morgan fingerprint density at radius 2 is 2.00 bits per heavy atom. The van der Waals surface area contributed by atoms with Gasteiger partial charge in [-0.3, -0.25) is 14.5 Å². The Morgan fingerprint density at radius 1 is 1.17 bits per heavy atom. The van der Waals surface area contributed by atoms with Crippen molar-refractivity contribution in [3.63, 3.8) is 0 Å². The maximum Gasteiger partial charge on any atom is 0.414 e. The molecule has 13 heteroatoms. The molecule has 4 heterocycles. The molecule has 1 aromatic carbocycles. The number of piperazine rings is 1. The lowest BCUT2D eigenvalue weighted by Crippen LogP contribution is -2.51. The van der Waals surface area contributed by atoms with E-state index in [1.165, 1.54) is 23.3 Å². The molecule has 3 amide bonds. The van der Waals surface area contributed by atoms with Crippen molar-refractivity contribution in [2.45, 2.75) is 12.6 Å². The maximum atomic E-state index is 15.0. The lowest BCUT2D eigenvalue weighted by molar-refractivity contribution is -0.130. The molecular formula is C23H24FN7O5. The van der Waals surface area contributed by atoms with E-state index in [1.54, 1.807) is 40.2 Å². The largest absolute Gasteiger partial charge is 0.459 e. The van der Waals surface area contributed by atoms with Gasteiger partial charge in [-0.05, 0) is 30.3 Å². The minimum atomic E-state index is -0.543. The van der Waals surface area contributed by atoms with E-state index in [0.29, 0.717) is 44.1 Å². The molecule has 2 aromatic heterocycles. The number of nitrogens with zero attached hydrogens (tertiary/aromatic N) is 6. The Labute approximate surface area is 205 Å². The third-order valence-electron chi connectivity index (χ3n) is 6.10. The van der Waals surface area contributed by atoms with Crippen LogP contribution in [-0.2, 0) is 16.1 Å². The van der Waals surface area contributed by atoms with Gasteiger partial charge in [-0.25, -0.2) is 13.9 Å². The first kappa shape index (κ1) is 23.3. The number of amides is 3. The van der Waals surface area contributed by atoms with Gasteiger partial charge in [0.1, 0.15) is 11.9 Å². The second-order valence-corrected chi connectivity index (χ2v) is 8.40. The fourth-order valence-electron chi connectivity index (χ4n) is 4.25. The number of hydrogen-bond acceptors (Lipinski definition) is 8. The second-order valence-electron chi connectivity index (χ2n) is 8.40. The van der Waals surface area contributed by atoms with Crippen LogP contribution in [0.25, 0.3) is 0 Å². The number of anilines is 2. The van der Waals surface area contributed by atoms with Crippen LogP contribution in [0.3, 0.4) is 0 Å². The van der Waals surface area contributed by atoms with Crippen molar-refractivity contribution >= 4 is 29.3 Å². The minimum Gasteiger partial charge on any atom is -0.459 e. The molecule has 0 unspecified atom stereocenters. The number of rotatable bonds is 7. The number of hydrogen-bond donors (Lipinski definition) is 1. The molecule has 3 aromatic rings. The Bertz CT molecular complexity index is 1230. The topological polar surface area (TPSA) is 126 Å². The summed E-state index contributed by atoms with van der Waals surface area (Å²) in [6.07, 6.45) is 3.64. The number of ether oxygens (including phenoxy) is 1. The van der Waals surface area contributed by atoms with E-state index in [1.807, 2.05) is 4.90 Å². The van der Waals surface area contributed by atoms with Crippen LogP contribution in [0, 0.1) is 5.82 Å². The van der Waals surface area contributed by atoms with E-state index in [9.17, 15) is 14.4 Å². The average Bonchev–Trinajstić information content (AvgIpc) is 3.66. The van der Waals surface area contributed by atoms with Gasteiger partial charge in [-0.2, -0.15) is 0 Å². The fourth-order valence-corrected chi connectivity index (χ4v) is 4.25. The smallest absolute Gasteiger partial charge is 0.414 e. The molecular weight excluding hydrogens is 473 g/mol. The zero-order valence-corrected chi connectivity index (χ0v) is 19.2. The van der Waals surface area contributed by atoms with Crippen LogP contribution in [0.5, 0.6) is 0 Å². The Hall–Kier alpha value is -4.42. The number of benzene rings is 1. The highest BCUT2D eigenvalue weighted by molar-refractivity contribution is 5.94. The van der Waals surface area contributed by atoms with Crippen molar-refractivity contribution in [2.24, 2.45) is 0 Å². The highest BCUT2D eigenvalue weighted by atomic mass is 19.1. The number of halogens is 1. The lowest BCUT2D eigenvalue weighted by Gasteiger charge is -2.36. The highest BCUT2D eigenvalue weighted by Gasteiger charge is 2.33. The molecule has 2 aliphatic heterocycles. The summed E-state index contributed by atoms with van der Waals surface area (Å²) in [5.74, 6) is -1.01. The monoisotopic (exact) mass is 497 g/mol. The zero-order chi connectivity index (χ0) is 25.1. The highest BCUT2D eigenvalue weighted by Crippen LogP contribution is 2.28. The number of cyclic esters (lactones) is 1. The van der Waals surface area contributed by atoms with E-state index in [2.05, 4.69) is 15.6 Å². The molecule has 2 saturated heterocycles. The molecule has 0 spiro atoms. The molecule has 12 nitrogen and oxygen atoms in total. The van der Waals surface area contributed by atoms with Crippen LogP contribution in [0.2, 0.25) is 0 Å². The third kappa shape index (κ3) is 4.99. The summed E-state index contributed by atoms with van der Waals surface area (Å²) >= 11 is 0. The summed E-state index contributed by atoms with van der Waals surface area (Å²) in [7, 11) is 0. The zero-order valence-electron chi connectivity index (χ0n) is 19.2. The van der Waals surface area contributed by atoms with Crippen molar-refractivity contribution in [3.05, 3.63) is 60.6 Å². The van der Waals surface area contributed by atoms with Crippen LogP contribution in [0.15, 0.2) is 53.4 Å². The number of aromatic nitrogens is 3. The Kier molecular flexibility index (Phi) is 6.52. The van der Waals surface area contributed by atoms with Gasteiger partial charge >= 0.3 is 6.09 Å². The third-order valence-corrected chi connectivity index (χ3v) is 6.10. The van der Waals surface area contributed by atoms with Crippen molar-refractivity contribution < 1.29 is 27.9 Å². The molecule has 0 bridgehead atoms. The second kappa shape index (κ2) is 10.1. The standard InChI is InChI=1S/C23H24FN7O5/c24-18-12-16(31-15-17(36-23(31)34)14-30-6-5-26-27-30)3-4-19(18)28-7-9-29(10-8-28)21(32)13-25-22(33)20-2-1-11-35-20/h1-6,11-12,17H,7-10,13-15H2,(H,25,33)/t17-/m0/s1. The summed E-state index contributed by atoms with van der Waals surface area (Å²) in [4.78, 5) is 41.6. The number of carbonyl (C=O) groups is 3. The number of nitrogens with one attached hydrogen (secondary N) is 1. The molecule has 36 heavy (non-hydrogen) atoms. The SMILES string of the molecule is O=C(NCC(=O)N1CCN(c2ccc(N3C[C@H](Cn4ccnn4)OC3=O)cc2F)CC1)c1ccco1. The van der Waals surface area contributed by atoms with Gasteiger partial charge < -0.3 is 24.3 Å². The molecule has 2 fully saturated rings. The molecule has 2 aliphatic rings. The first-order chi connectivity index (χ1) is 17.5. The molecule has 5 rings (SSSR count). The minimum absolute atomic E-state index is 0.138. The van der Waals surface area contributed by atoms with Crippen molar-refractivity contribution in [1.29, 1.82) is 0 Å². The van der Waals surface area contributed by atoms with E-state index in [-0.39, 0.29) is 24.8 Å². The van der Waals surface area contributed by atoms with Crippen LogP contribution < -0.4 is 15.1 Å². The number of carbonyl (C=O) groups excluding carboxylic acids is 3. The van der Waals surface area contributed by atoms with Crippen molar-refractivity contribution in [2.75, 3.05) is 49.1 Å². The van der Waals surface area contributed by atoms with Gasteiger partial charge in [0.05, 0.1) is 43.5 Å². The summed E-state index contributed by atoms with van der Waals surface area (Å²) in [6, 6.07) is 7.73. The maximum absolute atomic E-state index is 15.0. The van der Waals surface area contributed by atoms with Crippen LogP contribution in [0.1, 0.15) is 10.6 Å². The predicted octanol–water partition coefficient (Wildman–Crippen LogP) is 1.11. The van der Waals surface area contributed by atoms with Gasteiger partial charge in [-0.1, -0.05) is 5.21 Å². The summed E-state index contributed by atoms with van der Waals surface area (Å²) in [5.41, 5.74) is 0.798. The quantitative estimate of drug-likeness (QED) is 0.515. The molecule has 188 valence electrons. The summed E-state index contributed by atoms with van der Waals surface area (Å²) < 4.78 is 27.0. The van der Waals surface area contributed by atoms with E-state index in [0.717, 1.165) is 0 Å². The van der Waals surface area contributed by atoms with Crippen LogP contribution >= 0.6 is 0 Å². The van der Waals surface area contributed by atoms with E-state index < -0.39 is 23.9 Å². The van der Waals surface area contributed by atoms with Gasteiger partial charge in [0.2, 0.25) is 5.91 Å². The van der Waals surface area contributed by atoms with E-state index in [4.69, 9.17) is 9.15 Å². The van der Waals surface area contributed by atoms with Crippen LogP contribution in [-0.4, -0.2) is 83.2 Å². The summed E-state index contributed by atoms with van der Waals surface area (Å²) in [5, 5.41) is 10.1. The van der Waals surface area contributed by atoms with Crippen molar-refractivity contribution in [3.8, 4) is 0 Å². The van der Waals surface area contributed by atoms with Crippen LogP contribution in [0.4, 0.5) is 20.6 Å². The molecule has 1 N–H and O–H groups in total. The lowest BCUT2D eigenvalue weighted by atomic mass is 10.2. The molecule has 1 atom stereocenters. The summed E-state index contributed by atoms with van der Waals surface area (Å²) in [6.45, 7) is 2.12. The van der Waals surface area contributed by atoms with Gasteiger partial charge in [-0.15, -0.1) is 5.10 Å². The molecule has 0 saturated carbocycles. The fraction of sp³-hybridized carbons (Fsp3) is 0.348. The van der Waals surface area contributed by atoms with Gasteiger partial charge in [0, 0.05) is 32.4 Å². The molecule has 0 radical (unpaired) electrons. The Morgan fingerprint density at radius 3 is 2.69 bits per heavy atom. The average molecular weight is 497 g/mol. The number of furan rings is 1. The Balaban J connectivity index is 1.14. The van der Waals surface area contributed by atoms with Crippen molar-refractivity contribution in [1.82, 2.24) is 25.2 Å². The van der Waals surface area contributed by atoms with E-state index >= 15 is 4.39 Å². The van der Waals surface area contributed by atoms with Gasteiger partial charge in [0.25, 0.3) is 5.91 Å². The first-order valence-electron chi connectivity index (χ1n) is 11.4.